The van der Waals surface area contributed by atoms with Gasteiger partial charge in [-0.25, -0.2) is 4.98 Å². The zero-order valence-electron chi connectivity index (χ0n) is 28.5. The fourth-order valence-corrected chi connectivity index (χ4v) is 6.39. The summed E-state index contributed by atoms with van der Waals surface area (Å²) in [5.74, 6) is 0.941. The number of benzene rings is 2. The summed E-state index contributed by atoms with van der Waals surface area (Å²) in [5.41, 5.74) is 5.31. The number of nitrogens with zero attached hydrogens (tertiary/aromatic N) is 2. The second kappa shape index (κ2) is 15.6. The van der Waals surface area contributed by atoms with Crippen LogP contribution in [0.25, 0.3) is 16.7 Å². The van der Waals surface area contributed by atoms with Crippen molar-refractivity contribution in [3.8, 4) is 11.8 Å². The van der Waals surface area contributed by atoms with Gasteiger partial charge in [0.05, 0.1) is 28.4 Å². The van der Waals surface area contributed by atoms with Crippen LogP contribution in [0.5, 0.6) is 11.8 Å². The molecule has 2 aliphatic carbocycles. The monoisotopic (exact) mass is 691 g/mol. The number of ether oxygens (including phenoxy) is 2. The molecule has 0 saturated heterocycles. The Morgan fingerprint density at radius 3 is 2.48 bits per heavy atom. The third kappa shape index (κ3) is 8.71. The summed E-state index contributed by atoms with van der Waals surface area (Å²) in [4.78, 5) is 36.3. The Balaban J connectivity index is 0.977. The molecule has 4 aromatic rings. The van der Waals surface area contributed by atoms with E-state index >= 15 is 0 Å². The van der Waals surface area contributed by atoms with E-state index in [4.69, 9.17) is 26.1 Å². The largest absolute Gasteiger partial charge is 0.494 e. The molecule has 2 amide bonds. The Morgan fingerprint density at radius 1 is 0.980 bits per heavy atom. The molecule has 258 valence electrons. The molecule has 6 rings (SSSR count). The number of hydrogen-bond acceptors (Lipinski definition) is 6. The maximum absolute atomic E-state index is 12.1. The average molecular weight is 692 g/mol. The normalized spacial score (nSPS) is 17.2. The number of rotatable bonds is 13. The summed E-state index contributed by atoms with van der Waals surface area (Å²) < 4.78 is 12.1. The molecule has 9 nitrogen and oxygen atoms in total. The SMILES string of the molecule is CC(=O)NC(C)(C)C1=CCC(Oc2nc3nc(C4=CCC(c5ccc(OCCCCNC(=O)c6ccccc6)cc5)C=C4)c(Cl)cc3[nH]2)C=C1. The third-order valence-electron chi connectivity index (χ3n) is 8.78. The van der Waals surface area contributed by atoms with E-state index in [-0.39, 0.29) is 23.8 Å². The maximum atomic E-state index is 12.1. The Morgan fingerprint density at radius 2 is 1.78 bits per heavy atom. The van der Waals surface area contributed by atoms with Crippen LogP contribution in [0.4, 0.5) is 0 Å². The van der Waals surface area contributed by atoms with Crippen molar-refractivity contribution in [2.24, 2.45) is 0 Å². The third-order valence-corrected chi connectivity index (χ3v) is 9.07. The van der Waals surface area contributed by atoms with Gasteiger partial charge < -0.3 is 25.1 Å². The summed E-state index contributed by atoms with van der Waals surface area (Å²) in [7, 11) is 0. The maximum Gasteiger partial charge on any atom is 0.296 e. The number of hydrogen-bond donors (Lipinski definition) is 3. The molecule has 2 heterocycles. The fourth-order valence-electron chi connectivity index (χ4n) is 6.13. The summed E-state index contributed by atoms with van der Waals surface area (Å²) in [6.45, 7) is 6.68. The van der Waals surface area contributed by atoms with Gasteiger partial charge in [-0.05, 0) is 86.2 Å². The predicted octanol–water partition coefficient (Wildman–Crippen LogP) is 7.88. The van der Waals surface area contributed by atoms with Gasteiger partial charge in [-0.15, -0.1) is 0 Å². The van der Waals surface area contributed by atoms with Crippen molar-refractivity contribution in [3.05, 3.63) is 125 Å². The van der Waals surface area contributed by atoms with Gasteiger partial charge in [0, 0.05) is 31.4 Å². The summed E-state index contributed by atoms with van der Waals surface area (Å²) in [6.07, 6.45) is 15.4. The van der Waals surface area contributed by atoms with E-state index < -0.39 is 5.54 Å². The van der Waals surface area contributed by atoms with Crippen LogP contribution < -0.4 is 20.1 Å². The molecule has 0 bridgehead atoms. The number of halogens is 1. The number of pyridine rings is 1. The molecule has 2 unspecified atom stereocenters. The zero-order valence-corrected chi connectivity index (χ0v) is 29.3. The van der Waals surface area contributed by atoms with E-state index in [0.29, 0.717) is 53.0 Å². The number of imidazole rings is 1. The number of fused-ring (bicyclic) bond motifs is 1. The van der Waals surface area contributed by atoms with Crippen molar-refractivity contribution >= 4 is 40.2 Å². The Labute approximate surface area is 297 Å². The van der Waals surface area contributed by atoms with Crippen molar-refractivity contribution < 1.29 is 19.1 Å². The molecule has 2 atom stereocenters. The number of H-pyrrole nitrogens is 1. The second-order valence-electron chi connectivity index (χ2n) is 13.1. The first-order chi connectivity index (χ1) is 24.1. The molecule has 2 aromatic carbocycles. The molecule has 0 aliphatic heterocycles. The lowest BCUT2D eigenvalue weighted by Crippen LogP contribution is -2.44. The number of aromatic nitrogens is 3. The first kappa shape index (κ1) is 34.7. The van der Waals surface area contributed by atoms with Crippen LogP contribution >= 0.6 is 11.6 Å². The molecule has 0 radical (unpaired) electrons. The predicted molar refractivity (Wildman–Crippen MR) is 197 cm³/mol. The molecule has 2 aromatic heterocycles. The van der Waals surface area contributed by atoms with Crippen LogP contribution in [0.3, 0.4) is 0 Å². The molecule has 2 aliphatic rings. The van der Waals surface area contributed by atoms with E-state index in [2.05, 4.69) is 57.0 Å². The number of nitrogens with one attached hydrogen (secondary N) is 3. The highest BCUT2D eigenvalue weighted by Gasteiger charge is 2.25. The van der Waals surface area contributed by atoms with Crippen molar-refractivity contribution in [2.45, 2.75) is 64.0 Å². The minimum Gasteiger partial charge on any atom is -0.494 e. The molecule has 0 fully saturated rings. The van der Waals surface area contributed by atoms with Crippen LogP contribution in [-0.4, -0.2) is 51.6 Å². The van der Waals surface area contributed by atoms with E-state index in [9.17, 15) is 9.59 Å². The van der Waals surface area contributed by atoms with Crippen molar-refractivity contribution in [1.29, 1.82) is 0 Å². The van der Waals surface area contributed by atoms with Crippen molar-refractivity contribution in [1.82, 2.24) is 25.6 Å². The summed E-state index contributed by atoms with van der Waals surface area (Å²) >= 11 is 6.71. The first-order valence-corrected chi connectivity index (χ1v) is 17.4. The number of carbonyl (C=O) groups is 2. The van der Waals surface area contributed by atoms with Crippen LogP contribution in [0.2, 0.25) is 5.02 Å². The van der Waals surface area contributed by atoms with Gasteiger partial charge in [-0.1, -0.05) is 72.3 Å². The molecule has 3 N–H and O–H groups in total. The molecular weight excluding hydrogens is 650 g/mol. The Bertz CT molecular complexity index is 1960. The van der Waals surface area contributed by atoms with Gasteiger partial charge >= 0.3 is 0 Å². The Hall–Kier alpha value is -5.15. The molecule has 0 saturated carbocycles. The standard InChI is InChI=1S/C40H42ClN5O4/c1-26(47)46-40(2,3)31-17-21-33(22-18-31)50-39-43-35-25-34(41)36(44-37(35)45-39)29-13-11-27(12-14-29)28-15-19-32(20-16-28)49-24-8-7-23-42-38(48)30-9-5-4-6-10-30/h4-6,9-11,13-21,25,27,33H,7-8,12,22-24H2,1-3H3,(H,42,48)(H,46,47)(H,43,44,45). The van der Waals surface area contributed by atoms with Crippen LogP contribution in [0.15, 0.2) is 103 Å². The van der Waals surface area contributed by atoms with Gasteiger partial charge in [0.1, 0.15) is 11.9 Å². The van der Waals surface area contributed by atoms with Crippen LogP contribution in [0, 0.1) is 0 Å². The van der Waals surface area contributed by atoms with E-state index in [1.165, 1.54) is 12.5 Å². The first-order valence-electron chi connectivity index (χ1n) is 17.0. The highest BCUT2D eigenvalue weighted by molar-refractivity contribution is 6.32. The number of unbranched alkanes of at least 4 members (excludes halogenated alkanes) is 1. The van der Waals surface area contributed by atoms with Crippen molar-refractivity contribution in [2.75, 3.05) is 13.2 Å². The minimum atomic E-state index is -0.460. The molecule has 0 spiro atoms. The van der Waals surface area contributed by atoms with E-state index in [0.717, 1.165) is 36.2 Å². The summed E-state index contributed by atoms with van der Waals surface area (Å²) in [6, 6.07) is 19.7. The number of carbonyl (C=O) groups excluding carboxylic acids is 2. The van der Waals surface area contributed by atoms with E-state index in [1.807, 2.05) is 74.5 Å². The number of allylic oxidation sites excluding steroid dienone is 4. The highest BCUT2D eigenvalue weighted by atomic mass is 35.5. The Kier molecular flexibility index (Phi) is 10.8. The number of aromatic amines is 1. The quantitative estimate of drug-likeness (QED) is 0.123. The molecule has 10 heteroatoms. The van der Waals surface area contributed by atoms with E-state index in [1.54, 1.807) is 0 Å². The smallest absolute Gasteiger partial charge is 0.296 e. The summed E-state index contributed by atoms with van der Waals surface area (Å²) in [5, 5.41) is 6.46. The lowest BCUT2D eigenvalue weighted by atomic mass is 9.89. The lowest BCUT2D eigenvalue weighted by molar-refractivity contribution is -0.120. The lowest BCUT2D eigenvalue weighted by Gasteiger charge is -2.29. The number of amides is 2. The molecule has 50 heavy (non-hydrogen) atoms. The van der Waals surface area contributed by atoms with Gasteiger partial charge in [0.25, 0.3) is 11.9 Å². The van der Waals surface area contributed by atoms with Gasteiger partial charge in [-0.2, -0.15) is 4.98 Å². The molecular formula is C40H42ClN5O4. The van der Waals surface area contributed by atoms with Gasteiger partial charge in [-0.3, -0.25) is 9.59 Å². The van der Waals surface area contributed by atoms with Crippen molar-refractivity contribution in [3.63, 3.8) is 0 Å². The second-order valence-corrected chi connectivity index (χ2v) is 13.5. The van der Waals surface area contributed by atoms with Gasteiger partial charge in [0.2, 0.25) is 5.91 Å². The topological polar surface area (TPSA) is 118 Å². The average Bonchev–Trinajstić information content (AvgIpc) is 3.50. The van der Waals surface area contributed by atoms with Gasteiger partial charge in [0.15, 0.2) is 5.65 Å². The fraction of sp³-hybridized carbons (Fsp3) is 0.300. The minimum absolute atomic E-state index is 0.0503. The zero-order chi connectivity index (χ0) is 35.1. The van der Waals surface area contributed by atoms with Crippen LogP contribution in [-0.2, 0) is 4.79 Å². The highest BCUT2D eigenvalue weighted by Crippen LogP contribution is 2.34. The van der Waals surface area contributed by atoms with Crippen LogP contribution in [0.1, 0.15) is 74.0 Å².